The molecule has 0 aromatic carbocycles. The summed E-state index contributed by atoms with van der Waals surface area (Å²) in [4.78, 5) is 4.82. The van der Waals surface area contributed by atoms with Crippen LogP contribution in [-0.2, 0) is 0 Å². The Bertz CT molecular complexity index is 156. The Morgan fingerprint density at radius 2 is 1.79 bits per heavy atom. The highest BCUT2D eigenvalue weighted by atomic mass is 15.2. The third-order valence-corrected chi connectivity index (χ3v) is 3.43. The normalized spacial score (nSPS) is 28.7. The second-order valence-electron chi connectivity index (χ2n) is 5.21. The van der Waals surface area contributed by atoms with Gasteiger partial charge in [-0.1, -0.05) is 19.8 Å². The topological polar surface area (TPSA) is 6.48 Å². The Kier molecular flexibility index (Phi) is 4.90. The van der Waals surface area contributed by atoms with E-state index < -0.39 is 0 Å². The zero-order valence-electron chi connectivity index (χ0n) is 10.3. The molecule has 1 fully saturated rings. The van der Waals surface area contributed by atoms with E-state index in [2.05, 4.69) is 37.9 Å². The SMILES string of the molecule is C[C@@H]1CCC[C@H](N(C)CCN(C)C)C1. The monoisotopic (exact) mass is 198 g/mol. The van der Waals surface area contributed by atoms with Crippen molar-refractivity contribution in [3.8, 4) is 0 Å². The highest BCUT2D eigenvalue weighted by Crippen LogP contribution is 2.26. The zero-order chi connectivity index (χ0) is 10.6. The van der Waals surface area contributed by atoms with Gasteiger partial charge in [-0.15, -0.1) is 0 Å². The molecular weight excluding hydrogens is 172 g/mol. The van der Waals surface area contributed by atoms with Gasteiger partial charge in [0.15, 0.2) is 0 Å². The van der Waals surface area contributed by atoms with Crippen molar-refractivity contribution in [2.24, 2.45) is 5.92 Å². The molecule has 2 atom stereocenters. The Balaban J connectivity index is 2.25. The van der Waals surface area contributed by atoms with Crippen LogP contribution in [0, 0.1) is 5.92 Å². The molecule has 2 heteroatoms. The zero-order valence-corrected chi connectivity index (χ0v) is 10.3. The van der Waals surface area contributed by atoms with Crippen molar-refractivity contribution in [3.63, 3.8) is 0 Å². The molecule has 0 N–H and O–H groups in total. The van der Waals surface area contributed by atoms with Crippen molar-refractivity contribution in [3.05, 3.63) is 0 Å². The van der Waals surface area contributed by atoms with Crippen LogP contribution in [0.5, 0.6) is 0 Å². The van der Waals surface area contributed by atoms with Gasteiger partial charge in [-0.2, -0.15) is 0 Å². The van der Waals surface area contributed by atoms with Crippen LogP contribution in [0.2, 0.25) is 0 Å². The first-order valence-corrected chi connectivity index (χ1v) is 5.94. The lowest BCUT2D eigenvalue weighted by atomic mass is 9.86. The first kappa shape index (κ1) is 12.0. The van der Waals surface area contributed by atoms with Crippen LogP contribution in [0.15, 0.2) is 0 Å². The number of likely N-dealkylation sites (N-methyl/N-ethyl adjacent to an activating group) is 2. The lowest BCUT2D eigenvalue weighted by Crippen LogP contribution is -2.39. The van der Waals surface area contributed by atoms with E-state index in [0.717, 1.165) is 12.0 Å². The van der Waals surface area contributed by atoms with E-state index in [0.29, 0.717) is 0 Å². The Hall–Kier alpha value is -0.0800. The summed E-state index contributed by atoms with van der Waals surface area (Å²) in [6.07, 6.45) is 5.69. The summed E-state index contributed by atoms with van der Waals surface area (Å²) in [7, 11) is 6.58. The van der Waals surface area contributed by atoms with E-state index in [1.165, 1.54) is 38.8 Å². The Morgan fingerprint density at radius 1 is 1.07 bits per heavy atom. The Morgan fingerprint density at radius 3 is 2.36 bits per heavy atom. The predicted octanol–water partition coefficient (Wildman–Crippen LogP) is 2.06. The van der Waals surface area contributed by atoms with Gasteiger partial charge in [0.25, 0.3) is 0 Å². The molecule has 0 bridgehead atoms. The van der Waals surface area contributed by atoms with Gasteiger partial charge in [0.05, 0.1) is 0 Å². The van der Waals surface area contributed by atoms with E-state index >= 15 is 0 Å². The van der Waals surface area contributed by atoms with E-state index in [-0.39, 0.29) is 0 Å². The fourth-order valence-corrected chi connectivity index (χ4v) is 2.34. The summed E-state index contributed by atoms with van der Waals surface area (Å²) >= 11 is 0. The first-order valence-electron chi connectivity index (χ1n) is 5.94. The second-order valence-corrected chi connectivity index (χ2v) is 5.21. The van der Waals surface area contributed by atoms with E-state index in [9.17, 15) is 0 Å². The summed E-state index contributed by atoms with van der Waals surface area (Å²) in [5, 5.41) is 0. The molecule has 1 aliphatic rings. The molecule has 0 saturated heterocycles. The molecule has 1 saturated carbocycles. The van der Waals surface area contributed by atoms with Gasteiger partial charge in [-0.05, 0) is 39.9 Å². The number of nitrogens with zero attached hydrogens (tertiary/aromatic N) is 2. The predicted molar refractivity (Wildman–Crippen MR) is 62.6 cm³/mol. The Labute approximate surface area is 89.3 Å². The fraction of sp³-hybridized carbons (Fsp3) is 1.00. The largest absolute Gasteiger partial charge is 0.308 e. The smallest absolute Gasteiger partial charge is 0.0109 e. The molecule has 0 heterocycles. The molecule has 0 amide bonds. The molecule has 0 aliphatic heterocycles. The standard InChI is InChI=1S/C12H26N2/c1-11-6-5-7-12(10-11)14(4)9-8-13(2)3/h11-12H,5-10H2,1-4H3/t11-,12+/m1/s1. The number of hydrogen-bond donors (Lipinski definition) is 0. The van der Waals surface area contributed by atoms with Crippen molar-refractivity contribution >= 4 is 0 Å². The van der Waals surface area contributed by atoms with Crippen molar-refractivity contribution in [2.45, 2.75) is 38.6 Å². The minimum Gasteiger partial charge on any atom is -0.308 e. The molecule has 84 valence electrons. The average molecular weight is 198 g/mol. The van der Waals surface area contributed by atoms with Crippen molar-refractivity contribution < 1.29 is 0 Å². The highest BCUT2D eigenvalue weighted by Gasteiger charge is 2.21. The number of rotatable bonds is 4. The van der Waals surface area contributed by atoms with Crippen LogP contribution in [-0.4, -0.2) is 50.1 Å². The summed E-state index contributed by atoms with van der Waals surface area (Å²) in [5.41, 5.74) is 0. The van der Waals surface area contributed by atoms with E-state index in [1.807, 2.05) is 0 Å². The average Bonchev–Trinajstić information content (AvgIpc) is 2.14. The molecule has 14 heavy (non-hydrogen) atoms. The molecular formula is C12H26N2. The lowest BCUT2D eigenvalue weighted by Gasteiger charge is -2.34. The van der Waals surface area contributed by atoms with Crippen LogP contribution in [0.4, 0.5) is 0 Å². The van der Waals surface area contributed by atoms with Crippen molar-refractivity contribution in [1.29, 1.82) is 0 Å². The van der Waals surface area contributed by atoms with Gasteiger partial charge in [-0.25, -0.2) is 0 Å². The van der Waals surface area contributed by atoms with Crippen LogP contribution >= 0.6 is 0 Å². The fourth-order valence-electron chi connectivity index (χ4n) is 2.34. The van der Waals surface area contributed by atoms with Crippen molar-refractivity contribution in [1.82, 2.24) is 9.80 Å². The van der Waals surface area contributed by atoms with Crippen LogP contribution in [0.1, 0.15) is 32.6 Å². The van der Waals surface area contributed by atoms with Crippen LogP contribution in [0.3, 0.4) is 0 Å². The van der Waals surface area contributed by atoms with Crippen molar-refractivity contribution in [2.75, 3.05) is 34.2 Å². The number of hydrogen-bond acceptors (Lipinski definition) is 2. The third-order valence-electron chi connectivity index (χ3n) is 3.43. The van der Waals surface area contributed by atoms with Crippen LogP contribution < -0.4 is 0 Å². The summed E-state index contributed by atoms with van der Waals surface area (Å²) < 4.78 is 0. The first-order chi connectivity index (χ1) is 6.59. The second kappa shape index (κ2) is 5.72. The minimum absolute atomic E-state index is 0.846. The van der Waals surface area contributed by atoms with Gasteiger partial charge in [0.2, 0.25) is 0 Å². The van der Waals surface area contributed by atoms with Gasteiger partial charge in [0.1, 0.15) is 0 Å². The summed E-state index contributed by atoms with van der Waals surface area (Å²) in [5.74, 6) is 0.940. The molecule has 0 radical (unpaired) electrons. The van der Waals surface area contributed by atoms with E-state index in [1.54, 1.807) is 0 Å². The quantitative estimate of drug-likeness (QED) is 0.682. The maximum Gasteiger partial charge on any atom is 0.0109 e. The minimum atomic E-state index is 0.846. The van der Waals surface area contributed by atoms with Crippen LogP contribution in [0.25, 0.3) is 0 Å². The lowest BCUT2D eigenvalue weighted by molar-refractivity contribution is 0.153. The van der Waals surface area contributed by atoms with Gasteiger partial charge in [-0.3, -0.25) is 0 Å². The maximum atomic E-state index is 2.55. The van der Waals surface area contributed by atoms with Gasteiger partial charge in [0, 0.05) is 19.1 Å². The third kappa shape index (κ3) is 3.97. The molecule has 0 aromatic heterocycles. The molecule has 1 aliphatic carbocycles. The molecule has 2 nitrogen and oxygen atoms in total. The molecule has 1 rings (SSSR count). The maximum absolute atomic E-state index is 2.55. The van der Waals surface area contributed by atoms with Gasteiger partial charge >= 0.3 is 0 Å². The highest BCUT2D eigenvalue weighted by molar-refractivity contribution is 4.77. The molecule has 0 spiro atoms. The molecule has 0 aromatic rings. The van der Waals surface area contributed by atoms with Gasteiger partial charge < -0.3 is 9.80 Å². The summed E-state index contributed by atoms with van der Waals surface area (Å²) in [6.45, 7) is 4.79. The molecule has 0 unspecified atom stereocenters. The summed E-state index contributed by atoms with van der Waals surface area (Å²) in [6, 6.07) is 0.846. The van der Waals surface area contributed by atoms with E-state index in [4.69, 9.17) is 0 Å².